The van der Waals surface area contributed by atoms with Crippen LogP contribution in [-0.4, -0.2) is 25.6 Å². The van der Waals surface area contributed by atoms with Gasteiger partial charge in [-0.2, -0.15) is 4.98 Å². The van der Waals surface area contributed by atoms with Crippen LogP contribution >= 0.6 is 12.2 Å². The lowest BCUT2D eigenvalue weighted by molar-refractivity contribution is -0.119. The maximum absolute atomic E-state index is 14.7. The number of halogens is 1. The molecule has 0 spiro atoms. The largest absolute Gasteiger partial charge is 0.434 e. The second-order valence-electron chi connectivity index (χ2n) is 6.93. The summed E-state index contributed by atoms with van der Waals surface area (Å²) in [6.45, 7) is 2.69. The lowest BCUT2D eigenvalue weighted by Gasteiger charge is -2.12. The molecule has 0 unspecified atom stereocenters. The van der Waals surface area contributed by atoms with Crippen LogP contribution in [0.5, 0.6) is 11.6 Å². The molecule has 9 heteroatoms. The van der Waals surface area contributed by atoms with Gasteiger partial charge in [-0.05, 0) is 42.9 Å². The maximum Gasteiger partial charge on any atom is 0.247 e. The molecule has 0 fully saturated rings. The van der Waals surface area contributed by atoms with Crippen molar-refractivity contribution < 1.29 is 13.9 Å². The highest BCUT2D eigenvalue weighted by atomic mass is 32.1. The summed E-state index contributed by atoms with van der Waals surface area (Å²) in [7, 11) is 0. The van der Waals surface area contributed by atoms with Gasteiger partial charge in [0.1, 0.15) is 11.8 Å². The third-order valence-electron chi connectivity index (χ3n) is 4.71. The number of carbonyl (C=O) groups excluding carboxylic acids is 1. The molecule has 0 bridgehead atoms. The Morgan fingerprint density at radius 3 is 2.72 bits per heavy atom. The summed E-state index contributed by atoms with van der Waals surface area (Å²) in [4.78, 5) is 20.5. The molecular weight excluding hydrogens is 429 g/mol. The van der Waals surface area contributed by atoms with E-state index in [-0.39, 0.29) is 29.1 Å². The van der Waals surface area contributed by atoms with Gasteiger partial charge in [-0.25, -0.2) is 9.37 Å². The third kappa shape index (κ3) is 4.89. The van der Waals surface area contributed by atoms with Gasteiger partial charge in [-0.1, -0.05) is 30.3 Å². The molecule has 162 valence electrons. The first-order valence-electron chi connectivity index (χ1n) is 9.95. The maximum atomic E-state index is 14.7. The number of nitrogens with zero attached hydrogens (tertiary/aromatic N) is 3. The fourth-order valence-electron chi connectivity index (χ4n) is 3.22. The molecular formula is C23H20FN5O2S. The fourth-order valence-corrected chi connectivity index (χ4v) is 3.45. The summed E-state index contributed by atoms with van der Waals surface area (Å²) >= 11 is 5.16. The van der Waals surface area contributed by atoms with Gasteiger partial charge in [-0.15, -0.1) is 0 Å². The van der Waals surface area contributed by atoms with E-state index in [4.69, 9.17) is 17.0 Å². The van der Waals surface area contributed by atoms with Crippen molar-refractivity contribution in [3.63, 3.8) is 0 Å². The van der Waals surface area contributed by atoms with Gasteiger partial charge in [0.2, 0.25) is 11.8 Å². The molecule has 2 heterocycles. The Balaban J connectivity index is 1.42. The molecule has 1 amide bonds. The molecule has 4 aromatic rings. The van der Waals surface area contributed by atoms with Crippen LogP contribution in [-0.2, 0) is 17.8 Å². The van der Waals surface area contributed by atoms with E-state index in [1.807, 2.05) is 54.1 Å². The zero-order valence-corrected chi connectivity index (χ0v) is 18.0. The highest BCUT2D eigenvalue weighted by molar-refractivity contribution is 7.80. The van der Waals surface area contributed by atoms with Gasteiger partial charge in [0.25, 0.3) is 0 Å². The Morgan fingerprint density at radius 2 is 1.97 bits per heavy atom. The molecule has 0 aliphatic heterocycles. The van der Waals surface area contributed by atoms with Gasteiger partial charge >= 0.3 is 0 Å². The van der Waals surface area contributed by atoms with E-state index in [0.717, 1.165) is 5.56 Å². The van der Waals surface area contributed by atoms with Crippen molar-refractivity contribution in [1.29, 1.82) is 0 Å². The minimum Gasteiger partial charge on any atom is -0.434 e. The average molecular weight is 450 g/mol. The number of ether oxygens (including phenoxy) is 1. The summed E-state index contributed by atoms with van der Waals surface area (Å²) in [6, 6.07) is 15.5. The van der Waals surface area contributed by atoms with E-state index < -0.39 is 5.82 Å². The van der Waals surface area contributed by atoms with E-state index in [9.17, 15) is 9.18 Å². The van der Waals surface area contributed by atoms with Crippen LogP contribution in [0.1, 0.15) is 12.5 Å². The number of hydrogen-bond donors (Lipinski definition) is 2. The second-order valence-corrected chi connectivity index (χ2v) is 7.33. The van der Waals surface area contributed by atoms with E-state index in [1.165, 1.54) is 18.5 Å². The van der Waals surface area contributed by atoms with E-state index in [1.54, 1.807) is 6.07 Å². The normalized spacial score (nSPS) is 10.7. The first-order valence-corrected chi connectivity index (χ1v) is 10.4. The van der Waals surface area contributed by atoms with Crippen molar-refractivity contribution in [3.05, 3.63) is 78.5 Å². The summed E-state index contributed by atoms with van der Waals surface area (Å²) in [5.74, 6) is -0.584. The minimum atomic E-state index is -0.602. The second kappa shape index (κ2) is 9.52. The standard InChI is InChI=1S/C23H20FN5O2S/c1-2-29-11-10-18-21(29)22(26-14-25-18)31-19-9-8-16(13-17(19)24)27-23(32)28-20(30)12-15-6-4-3-5-7-15/h3-11,13-14H,2,12H2,1H3,(H2,27,28,30,32). The third-order valence-corrected chi connectivity index (χ3v) is 4.92. The molecule has 2 aromatic heterocycles. The highest BCUT2D eigenvalue weighted by Gasteiger charge is 2.14. The van der Waals surface area contributed by atoms with E-state index in [0.29, 0.717) is 23.3 Å². The molecule has 0 aliphatic carbocycles. The van der Waals surface area contributed by atoms with Crippen LogP contribution in [0.4, 0.5) is 10.1 Å². The van der Waals surface area contributed by atoms with Crippen molar-refractivity contribution in [2.24, 2.45) is 0 Å². The lowest BCUT2D eigenvalue weighted by atomic mass is 10.1. The number of rotatable bonds is 6. The number of amides is 1. The van der Waals surface area contributed by atoms with Gasteiger partial charge in [0, 0.05) is 24.5 Å². The van der Waals surface area contributed by atoms with Crippen molar-refractivity contribution in [1.82, 2.24) is 19.9 Å². The Hall–Kier alpha value is -3.85. The fraction of sp³-hybridized carbons (Fsp3) is 0.130. The monoisotopic (exact) mass is 449 g/mol. The van der Waals surface area contributed by atoms with Crippen molar-refractivity contribution in [2.75, 3.05) is 5.32 Å². The number of anilines is 1. The smallest absolute Gasteiger partial charge is 0.247 e. The molecule has 0 saturated carbocycles. The number of thiocarbonyl (C=S) groups is 1. The number of aryl methyl sites for hydroxylation is 1. The van der Waals surface area contributed by atoms with Crippen LogP contribution in [0.3, 0.4) is 0 Å². The number of hydrogen-bond acceptors (Lipinski definition) is 5. The number of benzene rings is 2. The number of carbonyl (C=O) groups is 1. The van der Waals surface area contributed by atoms with Gasteiger partial charge in [-0.3, -0.25) is 4.79 Å². The molecule has 4 rings (SSSR count). The van der Waals surface area contributed by atoms with Gasteiger partial charge < -0.3 is 19.9 Å². The molecule has 32 heavy (non-hydrogen) atoms. The average Bonchev–Trinajstić information content (AvgIpc) is 3.20. The van der Waals surface area contributed by atoms with Crippen LogP contribution < -0.4 is 15.4 Å². The van der Waals surface area contributed by atoms with Crippen LogP contribution in [0.15, 0.2) is 67.1 Å². The van der Waals surface area contributed by atoms with Crippen LogP contribution in [0.2, 0.25) is 0 Å². The van der Waals surface area contributed by atoms with Gasteiger partial charge in [0.15, 0.2) is 16.7 Å². The Labute approximate surface area is 189 Å². The van der Waals surface area contributed by atoms with Crippen molar-refractivity contribution in [3.8, 4) is 11.6 Å². The summed E-state index contributed by atoms with van der Waals surface area (Å²) in [5, 5.41) is 5.48. The predicted molar refractivity (Wildman–Crippen MR) is 124 cm³/mol. The summed E-state index contributed by atoms with van der Waals surface area (Å²) in [5.41, 5.74) is 2.66. The number of nitrogens with one attached hydrogen (secondary N) is 2. The molecule has 0 saturated heterocycles. The van der Waals surface area contributed by atoms with E-state index in [2.05, 4.69) is 20.6 Å². The zero-order valence-electron chi connectivity index (χ0n) is 17.2. The van der Waals surface area contributed by atoms with Crippen LogP contribution in [0, 0.1) is 5.82 Å². The van der Waals surface area contributed by atoms with E-state index >= 15 is 0 Å². The summed E-state index contributed by atoms with van der Waals surface area (Å²) < 4.78 is 22.4. The Morgan fingerprint density at radius 1 is 1.16 bits per heavy atom. The Kier molecular flexibility index (Phi) is 6.37. The molecule has 0 radical (unpaired) electrons. The van der Waals surface area contributed by atoms with Crippen molar-refractivity contribution >= 4 is 40.0 Å². The number of fused-ring (bicyclic) bond motifs is 1. The lowest BCUT2D eigenvalue weighted by Crippen LogP contribution is -2.35. The summed E-state index contributed by atoms with van der Waals surface area (Å²) in [6.07, 6.45) is 3.45. The van der Waals surface area contributed by atoms with Crippen LogP contribution in [0.25, 0.3) is 11.0 Å². The topological polar surface area (TPSA) is 81.1 Å². The molecule has 2 N–H and O–H groups in total. The van der Waals surface area contributed by atoms with Crippen molar-refractivity contribution in [2.45, 2.75) is 19.9 Å². The SMILES string of the molecule is CCn1ccc2ncnc(Oc3ccc(NC(=S)NC(=O)Cc4ccccc4)cc3F)c21. The quantitative estimate of drug-likeness (QED) is 0.424. The molecule has 0 aliphatic rings. The Bertz CT molecular complexity index is 1280. The minimum absolute atomic E-state index is 0.0124. The molecule has 2 aromatic carbocycles. The molecule has 7 nitrogen and oxygen atoms in total. The zero-order chi connectivity index (χ0) is 22.5. The van der Waals surface area contributed by atoms with Gasteiger partial charge in [0.05, 0.1) is 11.9 Å². The number of aromatic nitrogens is 3. The first-order chi connectivity index (χ1) is 15.5. The first kappa shape index (κ1) is 21.4. The predicted octanol–water partition coefficient (Wildman–Crippen LogP) is 4.44. The molecule has 0 atom stereocenters. The highest BCUT2D eigenvalue weighted by Crippen LogP contribution is 2.30.